The summed E-state index contributed by atoms with van der Waals surface area (Å²) in [5.74, 6) is 0.0559. The van der Waals surface area contributed by atoms with Gasteiger partial charge in [0.15, 0.2) is 0 Å². The Morgan fingerprint density at radius 3 is 2.71 bits per heavy atom. The van der Waals surface area contributed by atoms with Crippen molar-refractivity contribution in [1.29, 1.82) is 0 Å². The van der Waals surface area contributed by atoms with Gasteiger partial charge in [-0.2, -0.15) is 0 Å². The molecule has 0 aliphatic heterocycles. The molecule has 0 bridgehead atoms. The molecular formula is C17H23ClN2O. The Morgan fingerprint density at radius 2 is 2.00 bits per heavy atom. The summed E-state index contributed by atoms with van der Waals surface area (Å²) in [5, 5.41) is 6.83. The van der Waals surface area contributed by atoms with Gasteiger partial charge in [0.1, 0.15) is 0 Å². The molecule has 0 heterocycles. The van der Waals surface area contributed by atoms with Crippen molar-refractivity contribution in [3.05, 3.63) is 46.5 Å². The fourth-order valence-electron chi connectivity index (χ4n) is 2.48. The zero-order chi connectivity index (χ0) is 14.9. The second-order valence-corrected chi connectivity index (χ2v) is 5.87. The lowest BCUT2D eigenvalue weighted by atomic mass is 9.97. The van der Waals surface area contributed by atoms with E-state index >= 15 is 0 Å². The smallest absolute Gasteiger partial charge is 0.233 e. The molecule has 0 saturated carbocycles. The van der Waals surface area contributed by atoms with Crippen molar-refractivity contribution in [3.63, 3.8) is 0 Å². The first kappa shape index (κ1) is 16.1. The molecule has 1 aliphatic rings. The van der Waals surface area contributed by atoms with Gasteiger partial charge < -0.3 is 10.6 Å². The average molecular weight is 307 g/mol. The number of carbonyl (C=O) groups is 1. The van der Waals surface area contributed by atoms with Crippen molar-refractivity contribution >= 4 is 17.5 Å². The van der Waals surface area contributed by atoms with E-state index in [9.17, 15) is 4.79 Å². The summed E-state index contributed by atoms with van der Waals surface area (Å²) in [6.07, 6.45) is 8.32. The first-order valence-corrected chi connectivity index (χ1v) is 8.01. The zero-order valence-corrected chi connectivity index (χ0v) is 13.1. The van der Waals surface area contributed by atoms with E-state index in [4.69, 9.17) is 11.6 Å². The van der Waals surface area contributed by atoms with Crippen LogP contribution < -0.4 is 10.6 Å². The van der Waals surface area contributed by atoms with E-state index in [1.165, 1.54) is 31.3 Å². The molecule has 114 valence electrons. The normalized spacial score (nSPS) is 14.6. The molecule has 0 unspecified atom stereocenters. The van der Waals surface area contributed by atoms with Gasteiger partial charge in [0.2, 0.25) is 5.91 Å². The van der Waals surface area contributed by atoms with Crippen LogP contribution in [-0.4, -0.2) is 19.0 Å². The molecule has 4 heteroatoms. The van der Waals surface area contributed by atoms with E-state index in [0.717, 1.165) is 23.6 Å². The number of hydrogen-bond donors (Lipinski definition) is 2. The Morgan fingerprint density at radius 1 is 1.19 bits per heavy atom. The SMILES string of the molecule is O=C(CNCc1ccc(Cl)cc1)NCCC1=CCCCC1. The topological polar surface area (TPSA) is 41.1 Å². The highest BCUT2D eigenvalue weighted by Crippen LogP contribution is 2.19. The van der Waals surface area contributed by atoms with Gasteiger partial charge >= 0.3 is 0 Å². The number of carbonyl (C=O) groups excluding carboxylic acids is 1. The molecule has 1 amide bonds. The highest BCUT2D eigenvalue weighted by molar-refractivity contribution is 6.30. The molecule has 21 heavy (non-hydrogen) atoms. The molecule has 3 nitrogen and oxygen atoms in total. The number of amides is 1. The summed E-state index contributed by atoms with van der Waals surface area (Å²) in [5.41, 5.74) is 2.62. The molecule has 1 aliphatic carbocycles. The first-order chi connectivity index (χ1) is 10.2. The number of halogens is 1. The van der Waals surface area contributed by atoms with E-state index in [0.29, 0.717) is 13.1 Å². The lowest BCUT2D eigenvalue weighted by molar-refractivity contribution is -0.120. The van der Waals surface area contributed by atoms with Crippen molar-refractivity contribution in [2.75, 3.05) is 13.1 Å². The Balaban J connectivity index is 1.57. The maximum atomic E-state index is 11.7. The van der Waals surface area contributed by atoms with Crippen LogP contribution in [-0.2, 0) is 11.3 Å². The van der Waals surface area contributed by atoms with Crippen LogP contribution in [0.3, 0.4) is 0 Å². The van der Waals surface area contributed by atoms with E-state index in [-0.39, 0.29) is 5.91 Å². The minimum atomic E-state index is 0.0559. The van der Waals surface area contributed by atoms with Gasteiger partial charge in [0, 0.05) is 18.1 Å². The molecular weight excluding hydrogens is 284 g/mol. The quantitative estimate of drug-likeness (QED) is 0.758. The number of benzene rings is 1. The largest absolute Gasteiger partial charge is 0.355 e. The molecule has 0 saturated heterocycles. The van der Waals surface area contributed by atoms with E-state index in [2.05, 4.69) is 16.7 Å². The van der Waals surface area contributed by atoms with E-state index < -0.39 is 0 Å². The molecule has 0 radical (unpaired) electrons. The van der Waals surface area contributed by atoms with Gasteiger partial charge in [-0.1, -0.05) is 35.4 Å². The number of nitrogens with one attached hydrogen (secondary N) is 2. The van der Waals surface area contributed by atoms with E-state index in [1.807, 2.05) is 24.3 Å². The molecule has 1 aromatic carbocycles. The third-order valence-electron chi connectivity index (χ3n) is 3.68. The van der Waals surface area contributed by atoms with Gasteiger partial charge in [-0.15, -0.1) is 0 Å². The number of allylic oxidation sites excluding steroid dienone is 1. The minimum absolute atomic E-state index is 0.0559. The van der Waals surface area contributed by atoms with E-state index in [1.54, 1.807) is 0 Å². The van der Waals surface area contributed by atoms with Crippen LogP contribution >= 0.6 is 11.6 Å². The summed E-state index contributed by atoms with van der Waals surface area (Å²) in [7, 11) is 0. The number of rotatable bonds is 7. The second kappa shape index (κ2) is 8.85. The molecule has 1 aromatic rings. The van der Waals surface area contributed by atoms with Gasteiger partial charge in [-0.25, -0.2) is 0 Å². The molecule has 0 fully saturated rings. The van der Waals surface area contributed by atoms with Crippen LogP contribution in [0.4, 0.5) is 0 Å². The maximum absolute atomic E-state index is 11.7. The Kier molecular flexibility index (Phi) is 6.77. The lowest BCUT2D eigenvalue weighted by Gasteiger charge is -2.13. The van der Waals surface area contributed by atoms with Crippen LogP contribution in [0.15, 0.2) is 35.9 Å². The van der Waals surface area contributed by atoms with Gasteiger partial charge in [0.25, 0.3) is 0 Å². The second-order valence-electron chi connectivity index (χ2n) is 5.44. The fourth-order valence-corrected chi connectivity index (χ4v) is 2.61. The van der Waals surface area contributed by atoms with Crippen molar-refractivity contribution in [1.82, 2.24) is 10.6 Å². The van der Waals surface area contributed by atoms with Gasteiger partial charge in [0.05, 0.1) is 6.54 Å². The number of hydrogen-bond acceptors (Lipinski definition) is 2. The summed E-state index contributed by atoms with van der Waals surface area (Å²) < 4.78 is 0. The summed E-state index contributed by atoms with van der Waals surface area (Å²) in [6.45, 7) is 1.77. The first-order valence-electron chi connectivity index (χ1n) is 7.64. The van der Waals surface area contributed by atoms with Gasteiger partial charge in [-0.05, 0) is 49.8 Å². The molecule has 2 rings (SSSR count). The molecule has 0 atom stereocenters. The molecule has 0 aromatic heterocycles. The summed E-state index contributed by atoms with van der Waals surface area (Å²) in [4.78, 5) is 11.7. The van der Waals surface area contributed by atoms with Crippen molar-refractivity contribution < 1.29 is 4.79 Å². The summed E-state index contributed by atoms with van der Waals surface area (Å²) >= 11 is 5.83. The van der Waals surface area contributed by atoms with Crippen LogP contribution in [0.2, 0.25) is 5.02 Å². The lowest BCUT2D eigenvalue weighted by Crippen LogP contribution is -2.34. The standard InChI is InChI=1S/C17H23ClN2O/c18-16-8-6-15(7-9-16)12-19-13-17(21)20-11-10-14-4-2-1-3-5-14/h4,6-9,19H,1-3,5,10-13H2,(H,20,21). The maximum Gasteiger partial charge on any atom is 0.233 e. The zero-order valence-electron chi connectivity index (χ0n) is 12.3. The van der Waals surface area contributed by atoms with Crippen LogP contribution in [0.5, 0.6) is 0 Å². The highest BCUT2D eigenvalue weighted by atomic mass is 35.5. The Bertz CT molecular complexity index is 482. The molecule has 2 N–H and O–H groups in total. The average Bonchev–Trinajstić information content (AvgIpc) is 2.50. The monoisotopic (exact) mass is 306 g/mol. The minimum Gasteiger partial charge on any atom is -0.355 e. The predicted molar refractivity (Wildman–Crippen MR) is 87.3 cm³/mol. The van der Waals surface area contributed by atoms with Crippen LogP contribution in [0, 0.1) is 0 Å². The summed E-state index contributed by atoms with van der Waals surface area (Å²) in [6, 6.07) is 7.64. The van der Waals surface area contributed by atoms with Crippen LogP contribution in [0.1, 0.15) is 37.7 Å². The Labute approximate surface area is 131 Å². The molecule has 0 spiro atoms. The third kappa shape index (κ3) is 6.32. The van der Waals surface area contributed by atoms with Crippen molar-refractivity contribution in [2.45, 2.75) is 38.6 Å². The Hall–Kier alpha value is -1.32. The third-order valence-corrected chi connectivity index (χ3v) is 3.93. The highest BCUT2D eigenvalue weighted by Gasteiger charge is 2.05. The van der Waals surface area contributed by atoms with Crippen molar-refractivity contribution in [3.8, 4) is 0 Å². The van der Waals surface area contributed by atoms with Crippen molar-refractivity contribution in [2.24, 2.45) is 0 Å². The fraction of sp³-hybridized carbons (Fsp3) is 0.471. The van der Waals surface area contributed by atoms with Crippen LogP contribution in [0.25, 0.3) is 0 Å². The predicted octanol–water partition coefficient (Wildman–Crippen LogP) is 3.44. The van der Waals surface area contributed by atoms with Gasteiger partial charge in [-0.3, -0.25) is 4.79 Å².